The van der Waals surface area contributed by atoms with Crippen LogP contribution in [-0.4, -0.2) is 24.5 Å². The molecule has 0 bridgehead atoms. The van der Waals surface area contributed by atoms with Crippen LogP contribution in [0.15, 0.2) is 48.7 Å². The zero-order valence-electron chi connectivity index (χ0n) is 8.42. The minimum atomic E-state index is 0.201. The van der Waals surface area contributed by atoms with E-state index in [9.17, 15) is 0 Å². The normalized spacial score (nSPS) is 10.5. The summed E-state index contributed by atoms with van der Waals surface area (Å²) in [6.07, 6.45) is 1.82. The quantitative estimate of drug-likeness (QED) is 0.729. The van der Waals surface area contributed by atoms with Crippen LogP contribution < -0.4 is 5.32 Å². The first-order chi connectivity index (χ1) is 7.92. The van der Waals surface area contributed by atoms with Gasteiger partial charge in [0, 0.05) is 0 Å². The van der Waals surface area contributed by atoms with Crippen LogP contribution in [0.25, 0.3) is 9.91 Å². The molecule has 0 saturated heterocycles. The Morgan fingerprint density at radius 3 is 2.69 bits per heavy atom. The number of fused-ring (bicyclic) bond motifs is 1. The van der Waals surface area contributed by atoms with Crippen molar-refractivity contribution in [2.45, 2.75) is 0 Å². The topological polar surface area (TPSA) is 37.8 Å². The van der Waals surface area contributed by atoms with Crippen molar-refractivity contribution in [1.29, 1.82) is 0 Å². The number of nitrogens with zero attached hydrogens (tertiary/aromatic N) is 2. The third kappa shape index (κ3) is 1.85. The summed E-state index contributed by atoms with van der Waals surface area (Å²) in [7, 11) is 0. The van der Waals surface area contributed by atoms with E-state index in [-0.39, 0.29) is 14.5 Å². The molecule has 4 heteroatoms. The van der Waals surface area contributed by atoms with Gasteiger partial charge in [0.25, 0.3) is 0 Å². The van der Waals surface area contributed by atoms with Crippen molar-refractivity contribution >= 4 is 34.8 Å². The van der Waals surface area contributed by atoms with Crippen molar-refractivity contribution in [3.63, 3.8) is 0 Å². The van der Waals surface area contributed by atoms with E-state index in [0.717, 1.165) is 20.3 Å². The monoisotopic (exact) mass is 275 g/mol. The van der Waals surface area contributed by atoms with Crippen molar-refractivity contribution in [3.8, 4) is 0 Å². The maximum absolute atomic E-state index is 4.52. The van der Waals surface area contributed by atoms with E-state index in [1.54, 1.807) is 0 Å². The number of aromatic nitrogens is 2. The first-order valence-corrected chi connectivity index (χ1v) is 6.67. The van der Waals surface area contributed by atoms with Gasteiger partial charge in [-0.15, -0.1) is 0 Å². The van der Waals surface area contributed by atoms with Crippen molar-refractivity contribution < 1.29 is 0 Å². The average Bonchev–Trinajstić information content (AvgIpc) is 2.72. The third-order valence-corrected chi connectivity index (χ3v) is 4.07. The molecule has 3 rings (SSSR count). The molecule has 78 valence electrons. The van der Waals surface area contributed by atoms with Crippen LogP contribution in [-0.2, 0) is 0 Å². The van der Waals surface area contributed by atoms with Gasteiger partial charge in [-0.1, -0.05) is 0 Å². The molecule has 0 fully saturated rings. The molecule has 2 aromatic heterocycles. The molecular formula is C12H9N3Se. The van der Waals surface area contributed by atoms with Crippen LogP contribution in [0, 0.1) is 0 Å². The number of hydrogen-bond donors (Lipinski definition) is 1. The number of hydrogen-bond acceptors (Lipinski definition) is 3. The average molecular weight is 274 g/mol. The van der Waals surface area contributed by atoms with Crippen LogP contribution in [0.4, 0.5) is 10.4 Å². The Bertz CT molecular complexity index is 571. The van der Waals surface area contributed by atoms with Crippen LogP contribution in [0.3, 0.4) is 0 Å². The molecule has 0 aliphatic carbocycles. The fraction of sp³-hybridized carbons (Fsp3) is 0. The van der Waals surface area contributed by atoms with E-state index >= 15 is 0 Å². The molecule has 1 N–H and O–H groups in total. The van der Waals surface area contributed by atoms with Crippen molar-refractivity contribution in [2.24, 2.45) is 0 Å². The van der Waals surface area contributed by atoms with Crippen molar-refractivity contribution in [3.05, 3.63) is 48.7 Å². The molecule has 0 amide bonds. The van der Waals surface area contributed by atoms with Crippen molar-refractivity contribution in [2.75, 3.05) is 5.32 Å². The van der Waals surface area contributed by atoms with Gasteiger partial charge in [0.15, 0.2) is 0 Å². The molecule has 0 aliphatic rings. The first-order valence-electron chi connectivity index (χ1n) is 4.95. The molecule has 3 aromatic rings. The number of para-hydroxylation sites is 1. The second-order valence-corrected chi connectivity index (χ2v) is 5.39. The molecule has 16 heavy (non-hydrogen) atoms. The Balaban J connectivity index is 1.95. The molecule has 0 aliphatic heterocycles. The predicted molar refractivity (Wildman–Crippen MR) is 66.2 cm³/mol. The van der Waals surface area contributed by atoms with Gasteiger partial charge in [0.1, 0.15) is 0 Å². The molecular weight excluding hydrogens is 265 g/mol. The molecule has 3 nitrogen and oxygen atoms in total. The number of nitrogens with one attached hydrogen (secondary N) is 1. The van der Waals surface area contributed by atoms with E-state index in [1.165, 1.54) is 0 Å². The molecule has 0 saturated carbocycles. The Morgan fingerprint density at radius 1 is 1.00 bits per heavy atom. The van der Waals surface area contributed by atoms with Crippen molar-refractivity contribution in [1.82, 2.24) is 9.97 Å². The van der Waals surface area contributed by atoms with Gasteiger partial charge in [-0.05, 0) is 0 Å². The van der Waals surface area contributed by atoms with Gasteiger partial charge in [-0.25, -0.2) is 0 Å². The van der Waals surface area contributed by atoms with E-state index in [2.05, 4.69) is 15.3 Å². The summed E-state index contributed by atoms with van der Waals surface area (Å²) < 4.78 is 2.13. The van der Waals surface area contributed by atoms with Crippen LogP contribution in [0.5, 0.6) is 0 Å². The summed E-state index contributed by atoms with van der Waals surface area (Å²) >= 11 is 0.201. The number of rotatable bonds is 2. The molecule has 0 unspecified atom stereocenters. The second kappa shape index (κ2) is 4.08. The summed E-state index contributed by atoms with van der Waals surface area (Å²) in [6, 6.07) is 14.0. The molecule has 0 spiro atoms. The van der Waals surface area contributed by atoms with E-state index in [4.69, 9.17) is 0 Å². The van der Waals surface area contributed by atoms with E-state index < -0.39 is 0 Å². The van der Waals surface area contributed by atoms with E-state index in [0.29, 0.717) is 0 Å². The summed E-state index contributed by atoms with van der Waals surface area (Å²) in [5.74, 6) is 0. The van der Waals surface area contributed by atoms with Gasteiger partial charge in [0.05, 0.1) is 0 Å². The van der Waals surface area contributed by atoms with Gasteiger partial charge in [-0.3, -0.25) is 0 Å². The third-order valence-electron chi connectivity index (χ3n) is 2.19. The van der Waals surface area contributed by atoms with Gasteiger partial charge < -0.3 is 0 Å². The molecule has 2 heterocycles. The summed E-state index contributed by atoms with van der Waals surface area (Å²) in [5, 5.41) is 3.33. The molecule has 0 atom stereocenters. The number of anilines is 2. The zero-order chi connectivity index (χ0) is 10.8. The number of pyridine rings is 1. The van der Waals surface area contributed by atoms with Gasteiger partial charge in [-0.2, -0.15) is 0 Å². The Kier molecular flexibility index (Phi) is 2.44. The van der Waals surface area contributed by atoms with Gasteiger partial charge in [0.2, 0.25) is 0 Å². The van der Waals surface area contributed by atoms with Crippen LogP contribution in [0.2, 0.25) is 0 Å². The second-order valence-electron chi connectivity index (χ2n) is 3.34. The summed E-state index contributed by atoms with van der Waals surface area (Å²) in [6.45, 7) is 0. The maximum atomic E-state index is 4.52. The Labute approximate surface area is 98.9 Å². The summed E-state index contributed by atoms with van der Waals surface area (Å²) in [5.41, 5.74) is 2.08. The predicted octanol–water partition coefficient (Wildman–Crippen LogP) is 2.43. The zero-order valence-corrected chi connectivity index (χ0v) is 10.1. The first kappa shape index (κ1) is 9.58. The number of benzene rings is 1. The van der Waals surface area contributed by atoms with Crippen LogP contribution in [0.1, 0.15) is 0 Å². The summed E-state index contributed by atoms with van der Waals surface area (Å²) in [4.78, 5) is 8.84. The fourth-order valence-electron chi connectivity index (χ4n) is 1.47. The van der Waals surface area contributed by atoms with E-state index in [1.807, 2.05) is 48.7 Å². The Morgan fingerprint density at radius 2 is 1.88 bits per heavy atom. The minimum absolute atomic E-state index is 0.201. The molecule has 0 radical (unpaired) electrons. The molecule has 1 aromatic carbocycles. The Hall–Kier alpha value is -1.64. The van der Waals surface area contributed by atoms with Crippen LogP contribution >= 0.6 is 0 Å². The SMILES string of the molecule is c1ccc(Nc2nc3cccnc3[se]2)cc1. The fourth-order valence-corrected chi connectivity index (χ4v) is 3.21. The standard InChI is InChI=1S/C12H9N3Se/c1-2-5-9(6-3-1)14-12-15-10-7-4-8-13-11(10)16-12/h1-8H,(H,14,15). The van der Waals surface area contributed by atoms with Gasteiger partial charge >= 0.3 is 98.7 Å².